The van der Waals surface area contributed by atoms with Gasteiger partial charge in [0.25, 0.3) is 0 Å². The van der Waals surface area contributed by atoms with Gasteiger partial charge in [0.1, 0.15) is 0 Å². The predicted molar refractivity (Wildman–Crippen MR) is 77.3 cm³/mol. The van der Waals surface area contributed by atoms with Crippen molar-refractivity contribution >= 4 is 10.0 Å². The molecule has 106 valence electrons. The van der Waals surface area contributed by atoms with Crippen molar-refractivity contribution in [1.82, 2.24) is 4.72 Å². The Bertz CT molecular complexity index is 487. The Morgan fingerprint density at radius 2 is 1.84 bits per heavy atom. The van der Waals surface area contributed by atoms with Crippen LogP contribution in [0, 0.1) is 0 Å². The van der Waals surface area contributed by atoms with Crippen molar-refractivity contribution in [2.45, 2.75) is 44.2 Å². The summed E-state index contributed by atoms with van der Waals surface area (Å²) in [7, 11) is -3.24. The minimum Gasteiger partial charge on any atom is -0.326 e. The molecule has 5 heteroatoms. The zero-order valence-electron chi connectivity index (χ0n) is 11.1. The summed E-state index contributed by atoms with van der Waals surface area (Å²) in [5.41, 5.74) is 7.01. The van der Waals surface area contributed by atoms with Crippen LogP contribution in [0.3, 0.4) is 0 Å². The molecule has 1 aliphatic carbocycles. The summed E-state index contributed by atoms with van der Waals surface area (Å²) in [5.74, 6) is 0.125. The highest BCUT2D eigenvalue weighted by atomic mass is 32.2. The Balaban J connectivity index is 1.88. The van der Waals surface area contributed by atoms with E-state index in [-0.39, 0.29) is 17.8 Å². The topological polar surface area (TPSA) is 72.2 Å². The molecule has 0 radical (unpaired) electrons. The third-order valence-electron chi connectivity index (χ3n) is 3.65. The summed E-state index contributed by atoms with van der Waals surface area (Å²) in [6.07, 6.45) is 4.46. The molecule has 1 aromatic rings. The van der Waals surface area contributed by atoms with Gasteiger partial charge in [0.15, 0.2) is 0 Å². The summed E-state index contributed by atoms with van der Waals surface area (Å²) in [5, 5.41) is 0. The molecule has 0 spiro atoms. The number of hydrogen-bond acceptors (Lipinski definition) is 3. The van der Waals surface area contributed by atoms with Gasteiger partial charge in [0.2, 0.25) is 10.0 Å². The third-order valence-corrected chi connectivity index (χ3v) is 5.06. The molecule has 3 N–H and O–H groups in total. The first-order valence-corrected chi connectivity index (χ1v) is 8.51. The first kappa shape index (κ1) is 14.5. The van der Waals surface area contributed by atoms with Crippen molar-refractivity contribution < 1.29 is 8.42 Å². The lowest BCUT2D eigenvalue weighted by Crippen LogP contribution is -2.49. The first-order chi connectivity index (χ1) is 9.07. The SMILES string of the molecule is NC1CCCCC1NS(=O)(=O)CCc1ccccc1. The van der Waals surface area contributed by atoms with Crippen LogP contribution in [-0.2, 0) is 16.4 Å². The van der Waals surface area contributed by atoms with Crippen LogP contribution in [0.2, 0.25) is 0 Å². The van der Waals surface area contributed by atoms with E-state index < -0.39 is 10.0 Å². The van der Waals surface area contributed by atoms with Crippen molar-refractivity contribution in [3.8, 4) is 0 Å². The van der Waals surface area contributed by atoms with Crippen molar-refractivity contribution in [2.75, 3.05) is 5.75 Å². The maximum absolute atomic E-state index is 12.1. The second-order valence-electron chi connectivity index (χ2n) is 5.23. The molecule has 0 aromatic heterocycles. The number of nitrogens with one attached hydrogen (secondary N) is 1. The molecule has 0 heterocycles. The molecular formula is C14H22N2O2S. The molecule has 19 heavy (non-hydrogen) atoms. The number of nitrogens with two attached hydrogens (primary N) is 1. The molecule has 2 atom stereocenters. The fourth-order valence-electron chi connectivity index (χ4n) is 2.49. The highest BCUT2D eigenvalue weighted by Crippen LogP contribution is 2.17. The second-order valence-corrected chi connectivity index (χ2v) is 7.10. The van der Waals surface area contributed by atoms with E-state index in [1.54, 1.807) is 0 Å². The molecular weight excluding hydrogens is 260 g/mol. The van der Waals surface area contributed by atoms with E-state index in [9.17, 15) is 8.42 Å². The van der Waals surface area contributed by atoms with E-state index in [1.807, 2.05) is 30.3 Å². The molecule has 4 nitrogen and oxygen atoms in total. The Morgan fingerprint density at radius 1 is 1.16 bits per heavy atom. The maximum Gasteiger partial charge on any atom is 0.212 e. The Kier molecular flexibility index (Phi) is 4.96. The molecule has 1 aromatic carbocycles. The summed E-state index contributed by atoms with van der Waals surface area (Å²) < 4.78 is 26.9. The zero-order valence-corrected chi connectivity index (χ0v) is 11.9. The zero-order chi connectivity index (χ0) is 13.7. The standard InChI is InChI=1S/C14H22N2O2S/c15-13-8-4-5-9-14(13)16-19(17,18)11-10-12-6-2-1-3-7-12/h1-3,6-7,13-14,16H,4-5,8-11,15H2. The van der Waals surface area contributed by atoms with E-state index >= 15 is 0 Å². The van der Waals surface area contributed by atoms with Gasteiger partial charge in [-0.2, -0.15) is 0 Å². The van der Waals surface area contributed by atoms with E-state index in [1.165, 1.54) is 0 Å². The molecule has 0 bridgehead atoms. The minimum atomic E-state index is -3.24. The molecule has 0 saturated heterocycles. The van der Waals surface area contributed by atoms with E-state index in [0.29, 0.717) is 6.42 Å². The summed E-state index contributed by atoms with van der Waals surface area (Å²) in [4.78, 5) is 0. The monoisotopic (exact) mass is 282 g/mol. The van der Waals surface area contributed by atoms with Crippen LogP contribution in [0.25, 0.3) is 0 Å². The Morgan fingerprint density at radius 3 is 2.53 bits per heavy atom. The number of aryl methyl sites for hydroxylation is 1. The van der Waals surface area contributed by atoms with Crippen LogP contribution in [0.5, 0.6) is 0 Å². The van der Waals surface area contributed by atoms with Crippen LogP contribution in [0.15, 0.2) is 30.3 Å². The average Bonchev–Trinajstić information content (AvgIpc) is 2.40. The lowest BCUT2D eigenvalue weighted by Gasteiger charge is -2.29. The summed E-state index contributed by atoms with van der Waals surface area (Å²) in [6, 6.07) is 9.54. The van der Waals surface area contributed by atoms with Crippen molar-refractivity contribution in [1.29, 1.82) is 0 Å². The fourth-order valence-corrected chi connectivity index (χ4v) is 3.87. The normalized spacial score (nSPS) is 24.3. The molecule has 1 aliphatic rings. The van der Waals surface area contributed by atoms with Crippen molar-refractivity contribution in [3.05, 3.63) is 35.9 Å². The Hall–Kier alpha value is -0.910. The van der Waals surface area contributed by atoms with Gasteiger partial charge in [-0.05, 0) is 24.8 Å². The minimum absolute atomic E-state index is 0.0414. The highest BCUT2D eigenvalue weighted by molar-refractivity contribution is 7.89. The maximum atomic E-state index is 12.1. The van der Waals surface area contributed by atoms with Gasteiger partial charge in [-0.25, -0.2) is 13.1 Å². The smallest absolute Gasteiger partial charge is 0.212 e. The van der Waals surface area contributed by atoms with Gasteiger partial charge >= 0.3 is 0 Å². The van der Waals surface area contributed by atoms with E-state index in [2.05, 4.69) is 4.72 Å². The third kappa shape index (κ3) is 4.60. The number of rotatable bonds is 5. The van der Waals surface area contributed by atoms with Gasteiger partial charge in [0, 0.05) is 12.1 Å². The van der Waals surface area contributed by atoms with Gasteiger partial charge in [-0.1, -0.05) is 43.2 Å². The van der Waals surface area contributed by atoms with Gasteiger partial charge in [-0.15, -0.1) is 0 Å². The summed E-state index contributed by atoms with van der Waals surface area (Å²) in [6.45, 7) is 0. The van der Waals surface area contributed by atoms with Crippen LogP contribution < -0.4 is 10.5 Å². The average molecular weight is 282 g/mol. The first-order valence-electron chi connectivity index (χ1n) is 6.86. The molecule has 2 rings (SSSR count). The van der Waals surface area contributed by atoms with Gasteiger partial charge in [-0.3, -0.25) is 0 Å². The largest absolute Gasteiger partial charge is 0.326 e. The van der Waals surface area contributed by atoms with Crippen LogP contribution >= 0.6 is 0 Å². The lowest BCUT2D eigenvalue weighted by molar-refractivity contribution is 0.361. The van der Waals surface area contributed by atoms with E-state index in [0.717, 1.165) is 31.2 Å². The van der Waals surface area contributed by atoms with Crippen LogP contribution in [0.4, 0.5) is 0 Å². The van der Waals surface area contributed by atoms with Gasteiger partial charge < -0.3 is 5.73 Å². The van der Waals surface area contributed by atoms with E-state index in [4.69, 9.17) is 5.73 Å². The summed E-state index contributed by atoms with van der Waals surface area (Å²) >= 11 is 0. The predicted octanol–water partition coefficient (Wildman–Crippen LogP) is 1.42. The number of hydrogen-bond donors (Lipinski definition) is 2. The second kappa shape index (κ2) is 6.50. The van der Waals surface area contributed by atoms with Gasteiger partial charge in [0.05, 0.1) is 5.75 Å². The Labute approximate surface area is 115 Å². The molecule has 0 aliphatic heterocycles. The fraction of sp³-hybridized carbons (Fsp3) is 0.571. The number of sulfonamides is 1. The quantitative estimate of drug-likeness (QED) is 0.858. The van der Waals surface area contributed by atoms with Crippen LogP contribution in [-0.4, -0.2) is 26.3 Å². The molecule has 1 fully saturated rings. The van der Waals surface area contributed by atoms with Crippen molar-refractivity contribution in [3.63, 3.8) is 0 Å². The molecule has 0 amide bonds. The highest BCUT2D eigenvalue weighted by Gasteiger charge is 2.25. The molecule has 1 saturated carbocycles. The lowest BCUT2D eigenvalue weighted by atomic mass is 9.92. The van der Waals surface area contributed by atoms with Crippen LogP contribution in [0.1, 0.15) is 31.2 Å². The molecule has 2 unspecified atom stereocenters. The van der Waals surface area contributed by atoms with Crippen molar-refractivity contribution in [2.24, 2.45) is 5.73 Å². The number of benzene rings is 1.